The molecular weight excluding hydrogens is 321 g/mol. The number of rotatable bonds is 3. The molecule has 0 saturated carbocycles. The summed E-state index contributed by atoms with van der Waals surface area (Å²) >= 11 is 18.3. The van der Waals surface area contributed by atoms with Crippen molar-refractivity contribution in [2.24, 2.45) is 0 Å². The standard InChI is InChI=1S/C13H11Cl2NOS2/c1-2-5-16-12(17)11(19-13(16)18)7-8-3-4-9(14)10(15)6-8/h3-4,6-7H,2,5H2,1H3. The van der Waals surface area contributed by atoms with E-state index in [9.17, 15) is 4.79 Å². The maximum atomic E-state index is 12.2. The highest BCUT2D eigenvalue weighted by atomic mass is 35.5. The average Bonchev–Trinajstić information content (AvgIpc) is 2.62. The maximum Gasteiger partial charge on any atom is 0.266 e. The zero-order valence-electron chi connectivity index (χ0n) is 10.2. The van der Waals surface area contributed by atoms with Gasteiger partial charge in [-0.2, -0.15) is 0 Å². The first-order valence-corrected chi connectivity index (χ1v) is 7.71. The lowest BCUT2D eigenvalue weighted by Crippen LogP contribution is -2.28. The molecule has 0 N–H and O–H groups in total. The molecule has 0 unspecified atom stereocenters. The highest BCUT2D eigenvalue weighted by Gasteiger charge is 2.31. The quantitative estimate of drug-likeness (QED) is 0.596. The Kier molecular flexibility index (Phi) is 4.90. The van der Waals surface area contributed by atoms with Gasteiger partial charge in [-0.3, -0.25) is 9.69 Å². The second-order valence-electron chi connectivity index (χ2n) is 4.01. The van der Waals surface area contributed by atoms with Gasteiger partial charge in [-0.15, -0.1) is 0 Å². The van der Waals surface area contributed by atoms with Gasteiger partial charge >= 0.3 is 0 Å². The van der Waals surface area contributed by atoms with Gasteiger partial charge in [0.15, 0.2) is 0 Å². The number of amides is 1. The van der Waals surface area contributed by atoms with E-state index in [1.54, 1.807) is 23.1 Å². The first kappa shape index (κ1) is 14.9. The predicted molar refractivity (Wildman–Crippen MR) is 86.6 cm³/mol. The van der Waals surface area contributed by atoms with E-state index in [1.807, 2.05) is 13.0 Å². The predicted octanol–water partition coefficient (Wildman–Crippen LogP) is 4.60. The number of hydrogen-bond donors (Lipinski definition) is 0. The Morgan fingerprint density at radius 1 is 1.37 bits per heavy atom. The summed E-state index contributed by atoms with van der Waals surface area (Å²) in [4.78, 5) is 14.4. The first-order chi connectivity index (χ1) is 9.02. The summed E-state index contributed by atoms with van der Waals surface area (Å²) < 4.78 is 0.609. The first-order valence-electron chi connectivity index (χ1n) is 5.73. The third-order valence-electron chi connectivity index (χ3n) is 2.56. The molecule has 1 amide bonds. The van der Waals surface area contributed by atoms with E-state index in [-0.39, 0.29) is 5.91 Å². The summed E-state index contributed by atoms with van der Waals surface area (Å²) in [5.41, 5.74) is 0.839. The van der Waals surface area contributed by atoms with Crippen molar-refractivity contribution in [3.63, 3.8) is 0 Å². The summed E-state index contributed by atoms with van der Waals surface area (Å²) in [5.74, 6) is -0.0390. The molecule has 6 heteroatoms. The third-order valence-corrected chi connectivity index (χ3v) is 4.68. The van der Waals surface area contributed by atoms with Crippen molar-refractivity contribution in [2.75, 3.05) is 6.54 Å². The van der Waals surface area contributed by atoms with Gasteiger partial charge in [-0.1, -0.05) is 60.2 Å². The molecule has 0 radical (unpaired) electrons. The number of halogens is 2. The molecule has 100 valence electrons. The molecule has 0 bridgehead atoms. The van der Waals surface area contributed by atoms with Gasteiger partial charge in [0.05, 0.1) is 15.0 Å². The molecule has 1 aliphatic rings. The van der Waals surface area contributed by atoms with Crippen molar-refractivity contribution in [1.82, 2.24) is 4.90 Å². The summed E-state index contributed by atoms with van der Waals surface area (Å²) in [7, 11) is 0. The lowest BCUT2D eigenvalue weighted by atomic mass is 10.2. The molecule has 0 aliphatic carbocycles. The van der Waals surface area contributed by atoms with E-state index < -0.39 is 0 Å². The molecule has 1 aliphatic heterocycles. The van der Waals surface area contributed by atoms with Crippen molar-refractivity contribution < 1.29 is 4.79 Å². The number of benzene rings is 1. The Hall–Kier alpha value is -0.550. The number of hydrogen-bond acceptors (Lipinski definition) is 3. The van der Waals surface area contributed by atoms with Crippen LogP contribution in [0.5, 0.6) is 0 Å². The number of thioether (sulfide) groups is 1. The van der Waals surface area contributed by atoms with E-state index in [0.717, 1.165) is 12.0 Å². The Balaban J connectivity index is 2.27. The number of carbonyl (C=O) groups excluding carboxylic acids is 1. The molecule has 19 heavy (non-hydrogen) atoms. The zero-order valence-corrected chi connectivity index (χ0v) is 13.3. The van der Waals surface area contributed by atoms with Gasteiger partial charge in [0.25, 0.3) is 5.91 Å². The van der Waals surface area contributed by atoms with E-state index in [0.29, 0.717) is 25.8 Å². The summed E-state index contributed by atoms with van der Waals surface area (Å²) in [6.07, 6.45) is 2.67. The van der Waals surface area contributed by atoms with E-state index in [1.165, 1.54) is 11.8 Å². The van der Waals surface area contributed by atoms with Crippen LogP contribution in [0.4, 0.5) is 0 Å². The van der Waals surface area contributed by atoms with Crippen molar-refractivity contribution in [3.05, 3.63) is 38.7 Å². The smallest absolute Gasteiger partial charge is 0.266 e. The molecule has 1 heterocycles. The fourth-order valence-corrected chi connectivity index (χ4v) is 3.29. The van der Waals surface area contributed by atoms with E-state index in [2.05, 4.69) is 0 Å². The van der Waals surface area contributed by atoms with Crippen LogP contribution in [-0.2, 0) is 4.79 Å². The lowest BCUT2D eigenvalue weighted by molar-refractivity contribution is -0.122. The van der Waals surface area contributed by atoms with E-state index in [4.69, 9.17) is 35.4 Å². The van der Waals surface area contributed by atoms with Crippen molar-refractivity contribution in [1.29, 1.82) is 0 Å². The normalized spacial score (nSPS) is 17.6. The van der Waals surface area contributed by atoms with Crippen LogP contribution in [0, 0.1) is 0 Å². The Labute approximate surface area is 131 Å². The highest BCUT2D eigenvalue weighted by molar-refractivity contribution is 8.26. The van der Waals surface area contributed by atoms with Gasteiger partial charge < -0.3 is 0 Å². The van der Waals surface area contributed by atoms with Crippen LogP contribution in [0.25, 0.3) is 6.08 Å². The molecular formula is C13H11Cl2NOS2. The minimum absolute atomic E-state index is 0.0390. The fraction of sp³-hybridized carbons (Fsp3) is 0.231. The van der Waals surface area contributed by atoms with E-state index >= 15 is 0 Å². The monoisotopic (exact) mass is 331 g/mol. The molecule has 2 rings (SSSR count). The highest BCUT2D eigenvalue weighted by Crippen LogP contribution is 2.33. The van der Waals surface area contributed by atoms with Crippen LogP contribution in [0.3, 0.4) is 0 Å². The molecule has 1 fully saturated rings. The summed E-state index contributed by atoms with van der Waals surface area (Å²) in [5, 5.41) is 0.969. The Morgan fingerprint density at radius 3 is 2.74 bits per heavy atom. The molecule has 0 spiro atoms. The summed E-state index contributed by atoms with van der Waals surface area (Å²) in [6.45, 7) is 2.67. The average molecular weight is 332 g/mol. The Bertz CT molecular complexity index is 572. The van der Waals surface area contributed by atoms with Crippen LogP contribution >= 0.6 is 47.2 Å². The zero-order chi connectivity index (χ0) is 14.0. The molecule has 1 aromatic carbocycles. The van der Waals surface area contributed by atoms with Crippen molar-refractivity contribution in [3.8, 4) is 0 Å². The SMILES string of the molecule is CCCN1C(=O)C(=Cc2ccc(Cl)c(Cl)c2)SC1=S. The van der Waals surface area contributed by atoms with Gasteiger partial charge in [-0.05, 0) is 30.2 Å². The van der Waals surface area contributed by atoms with Crippen LogP contribution < -0.4 is 0 Å². The largest absolute Gasteiger partial charge is 0.293 e. The Morgan fingerprint density at radius 2 is 2.11 bits per heavy atom. The lowest BCUT2D eigenvalue weighted by Gasteiger charge is -2.11. The van der Waals surface area contributed by atoms with Gasteiger partial charge in [0, 0.05) is 6.54 Å². The van der Waals surface area contributed by atoms with Crippen LogP contribution in [0.2, 0.25) is 10.0 Å². The molecule has 1 aromatic rings. The van der Waals surface area contributed by atoms with Crippen LogP contribution in [0.15, 0.2) is 23.1 Å². The van der Waals surface area contributed by atoms with Crippen molar-refractivity contribution >= 4 is 63.5 Å². The second-order valence-corrected chi connectivity index (χ2v) is 6.50. The molecule has 0 aromatic heterocycles. The van der Waals surface area contributed by atoms with Crippen molar-refractivity contribution in [2.45, 2.75) is 13.3 Å². The minimum Gasteiger partial charge on any atom is -0.293 e. The minimum atomic E-state index is -0.0390. The molecule has 1 saturated heterocycles. The number of nitrogens with zero attached hydrogens (tertiary/aromatic N) is 1. The molecule has 0 atom stereocenters. The second kappa shape index (κ2) is 6.27. The molecule has 2 nitrogen and oxygen atoms in total. The summed E-state index contributed by atoms with van der Waals surface area (Å²) in [6, 6.07) is 5.26. The number of carbonyl (C=O) groups is 1. The van der Waals surface area contributed by atoms with Gasteiger partial charge in [-0.25, -0.2) is 0 Å². The van der Waals surface area contributed by atoms with Gasteiger partial charge in [0.1, 0.15) is 4.32 Å². The van der Waals surface area contributed by atoms with Crippen LogP contribution in [-0.4, -0.2) is 21.7 Å². The topological polar surface area (TPSA) is 20.3 Å². The van der Waals surface area contributed by atoms with Gasteiger partial charge in [0.2, 0.25) is 0 Å². The maximum absolute atomic E-state index is 12.2. The third kappa shape index (κ3) is 3.31. The number of thiocarbonyl (C=S) groups is 1. The fourth-order valence-electron chi connectivity index (χ4n) is 1.67. The van der Waals surface area contributed by atoms with Crippen LogP contribution in [0.1, 0.15) is 18.9 Å².